The zero-order valence-corrected chi connectivity index (χ0v) is 7.34. The SMILES string of the molecule is N=C(N)SCc1csc(N)n1. The van der Waals surface area contributed by atoms with E-state index in [4.69, 9.17) is 16.9 Å². The number of nitrogens with zero attached hydrogens (tertiary/aromatic N) is 1. The van der Waals surface area contributed by atoms with Crippen molar-refractivity contribution in [3.05, 3.63) is 11.1 Å². The first kappa shape index (κ1) is 8.35. The molecule has 0 aliphatic rings. The van der Waals surface area contributed by atoms with Crippen LogP contribution >= 0.6 is 23.1 Å². The van der Waals surface area contributed by atoms with Crippen LogP contribution in [0.4, 0.5) is 5.13 Å². The van der Waals surface area contributed by atoms with E-state index in [1.165, 1.54) is 23.1 Å². The van der Waals surface area contributed by atoms with Gasteiger partial charge in [0.15, 0.2) is 10.3 Å². The second-order valence-electron chi connectivity index (χ2n) is 1.83. The molecular formula is C5H8N4S2. The van der Waals surface area contributed by atoms with Crippen molar-refractivity contribution in [1.82, 2.24) is 4.98 Å². The molecule has 11 heavy (non-hydrogen) atoms. The van der Waals surface area contributed by atoms with E-state index in [2.05, 4.69) is 4.98 Å². The molecule has 60 valence electrons. The van der Waals surface area contributed by atoms with Crippen LogP contribution < -0.4 is 11.5 Å². The Kier molecular flexibility index (Phi) is 2.72. The molecule has 0 aliphatic heterocycles. The van der Waals surface area contributed by atoms with Crippen LogP contribution in [0.3, 0.4) is 0 Å². The van der Waals surface area contributed by atoms with Gasteiger partial charge in [0.1, 0.15) is 0 Å². The Morgan fingerprint density at radius 1 is 1.82 bits per heavy atom. The maximum Gasteiger partial charge on any atom is 0.180 e. The first-order chi connectivity index (χ1) is 5.18. The highest BCUT2D eigenvalue weighted by Gasteiger charge is 1.99. The van der Waals surface area contributed by atoms with E-state index >= 15 is 0 Å². The lowest BCUT2D eigenvalue weighted by atomic mass is 10.6. The van der Waals surface area contributed by atoms with Crippen molar-refractivity contribution < 1.29 is 0 Å². The van der Waals surface area contributed by atoms with Crippen LogP contribution in [0.25, 0.3) is 0 Å². The number of nitrogen functional groups attached to an aromatic ring is 1. The fourth-order valence-electron chi connectivity index (χ4n) is 0.541. The number of anilines is 1. The van der Waals surface area contributed by atoms with Gasteiger partial charge in [-0.05, 0) is 0 Å². The van der Waals surface area contributed by atoms with Crippen molar-refractivity contribution in [2.24, 2.45) is 5.73 Å². The Labute approximate surface area is 72.5 Å². The van der Waals surface area contributed by atoms with Gasteiger partial charge in [0.05, 0.1) is 5.69 Å². The average Bonchev–Trinajstić information content (AvgIpc) is 2.31. The van der Waals surface area contributed by atoms with Gasteiger partial charge in [-0.2, -0.15) is 0 Å². The second-order valence-corrected chi connectivity index (χ2v) is 3.74. The number of amidine groups is 1. The van der Waals surface area contributed by atoms with Gasteiger partial charge >= 0.3 is 0 Å². The molecule has 1 rings (SSSR count). The van der Waals surface area contributed by atoms with Crippen LogP contribution in [0.1, 0.15) is 5.69 Å². The fourth-order valence-corrected chi connectivity index (χ4v) is 1.66. The van der Waals surface area contributed by atoms with Crippen LogP contribution in [-0.2, 0) is 5.75 Å². The summed E-state index contributed by atoms with van der Waals surface area (Å²) in [5, 5.41) is 9.47. The molecule has 0 aromatic carbocycles. The number of thioether (sulfide) groups is 1. The van der Waals surface area contributed by atoms with Crippen molar-refractivity contribution in [3.8, 4) is 0 Å². The summed E-state index contributed by atoms with van der Waals surface area (Å²) in [7, 11) is 0. The molecule has 5 N–H and O–H groups in total. The summed E-state index contributed by atoms with van der Waals surface area (Å²) in [6.45, 7) is 0. The lowest BCUT2D eigenvalue weighted by Crippen LogP contribution is -2.03. The number of hydrogen-bond donors (Lipinski definition) is 3. The molecule has 0 amide bonds. The summed E-state index contributed by atoms with van der Waals surface area (Å²) in [6.07, 6.45) is 0. The molecular weight excluding hydrogens is 180 g/mol. The van der Waals surface area contributed by atoms with Gasteiger partial charge < -0.3 is 11.5 Å². The van der Waals surface area contributed by atoms with Crippen LogP contribution in [0.5, 0.6) is 0 Å². The molecule has 0 unspecified atom stereocenters. The fraction of sp³-hybridized carbons (Fsp3) is 0.200. The van der Waals surface area contributed by atoms with E-state index in [0.29, 0.717) is 10.9 Å². The first-order valence-corrected chi connectivity index (χ1v) is 4.71. The average molecular weight is 188 g/mol. The molecule has 1 aromatic rings. The minimum absolute atomic E-state index is 0.108. The van der Waals surface area contributed by atoms with Gasteiger partial charge in [-0.15, -0.1) is 11.3 Å². The summed E-state index contributed by atoms with van der Waals surface area (Å²) in [5.41, 5.74) is 11.4. The zero-order valence-electron chi connectivity index (χ0n) is 5.70. The lowest BCUT2D eigenvalue weighted by Gasteiger charge is -1.92. The molecule has 0 radical (unpaired) electrons. The zero-order chi connectivity index (χ0) is 8.27. The quantitative estimate of drug-likeness (QED) is 0.474. The van der Waals surface area contributed by atoms with Crippen molar-refractivity contribution in [1.29, 1.82) is 5.41 Å². The van der Waals surface area contributed by atoms with Crippen molar-refractivity contribution in [2.75, 3.05) is 5.73 Å². The van der Waals surface area contributed by atoms with Gasteiger partial charge in [0.25, 0.3) is 0 Å². The highest BCUT2D eigenvalue weighted by molar-refractivity contribution is 8.13. The van der Waals surface area contributed by atoms with E-state index in [9.17, 15) is 0 Å². The normalized spacial score (nSPS) is 9.82. The number of aromatic nitrogens is 1. The Hall–Kier alpha value is -0.750. The summed E-state index contributed by atoms with van der Waals surface area (Å²) in [4.78, 5) is 4.01. The van der Waals surface area contributed by atoms with Gasteiger partial charge in [-0.1, -0.05) is 11.8 Å². The Balaban J connectivity index is 2.45. The molecule has 0 bridgehead atoms. The molecule has 0 aliphatic carbocycles. The Morgan fingerprint density at radius 3 is 3.00 bits per heavy atom. The number of rotatable bonds is 2. The van der Waals surface area contributed by atoms with E-state index in [0.717, 1.165) is 5.69 Å². The molecule has 1 heterocycles. The largest absolute Gasteiger partial charge is 0.379 e. The standard InChI is InChI=1S/C5H8N4S2/c6-4(7)10-1-3-2-11-5(8)9-3/h2H,1H2,(H3,6,7)(H2,8,9). The second kappa shape index (κ2) is 3.59. The maximum absolute atomic E-state index is 6.94. The van der Waals surface area contributed by atoms with Crippen LogP contribution in [0, 0.1) is 5.41 Å². The summed E-state index contributed by atoms with van der Waals surface area (Å²) < 4.78 is 0. The highest BCUT2D eigenvalue weighted by atomic mass is 32.2. The predicted molar refractivity (Wildman–Crippen MR) is 49.7 cm³/mol. The summed E-state index contributed by atoms with van der Waals surface area (Å²) in [5.74, 6) is 0.628. The third-order valence-corrected chi connectivity index (χ3v) is 2.42. The predicted octanol–water partition coefficient (Wildman–Crippen LogP) is 0.852. The van der Waals surface area contributed by atoms with Gasteiger partial charge in [0.2, 0.25) is 0 Å². The number of nitrogens with two attached hydrogens (primary N) is 2. The molecule has 6 heteroatoms. The first-order valence-electron chi connectivity index (χ1n) is 2.85. The van der Waals surface area contributed by atoms with Crippen molar-refractivity contribution in [2.45, 2.75) is 5.75 Å². The highest BCUT2D eigenvalue weighted by Crippen LogP contribution is 2.16. The van der Waals surface area contributed by atoms with E-state index in [1.807, 2.05) is 5.38 Å². The number of thiazole rings is 1. The van der Waals surface area contributed by atoms with E-state index in [1.54, 1.807) is 0 Å². The number of nitrogens with one attached hydrogen (secondary N) is 1. The van der Waals surface area contributed by atoms with Crippen LogP contribution in [-0.4, -0.2) is 10.2 Å². The van der Waals surface area contributed by atoms with Crippen molar-refractivity contribution in [3.63, 3.8) is 0 Å². The van der Waals surface area contributed by atoms with Crippen LogP contribution in [0.15, 0.2) is 5.38 Å². The van der Waals surface area contributed by atoms with Gasteiger partial charge in [-0.25, -0.2) is 4.98 Å². The molecule has 0 fully saturated rings. The Bertz CT molecular complexity index is 257. The topological polar surface area (TPSA) is 88.8 Å². The van der Waals surface area contributed by atoms with Crippen molar-refractivity contribution >= 4 is 33.4 Å². The van der Waals surface area contributed by atoms with Crippen LogP contribution in [0.2, 0.25) is 0 Å². The van der Waals surface area contributed by atoms with E-state index < -0.39 is 0 Å². The molecule has 0 spiro atoms. The number of hydrogen-bond acceptors (Lipinski definition) is 5. The molecule has 4 nitrogen and oxygen atoms in total. The molecule has 0 saturated heterocycles. The van der Waals surface area contributed by atoms with E-state index in [-0.39, 0.29) is 5.17 Å². The molecule has 1 aromatic heterocycles. The monoisotopic (exact) mass is 188 g/mol. The minimum Gasteiger partial charge on any atom is -0.379 e. The van der Waals surface area contributed by atoms with Gasteiger partial charge in [0, 0.05) is 11.1 Å². The lowest BCUT2D eigenvalue weighted by molar-refractivity contribution is 1.24. The minimum atomic E-state index is 0.108. The third kappa shape index (κ3) is 2.77. The van der Waals surface area contributed by atoms with Gasteiger partial charge in [-0.3, -0.25) is 5.41 Å². The third-order valence-electron chi connectivity index (χ3n) is 0.945. The molecule has 0 atom stereocenters. The summed E-state index contributed by atoms with van der Waals surface area (Å²) >= 11 is 2.65. The Morgan fingerprint density at radius 2 is 2.55 bits per heavy atom. The maximum atomic E-state index is 6.94. The summed E-state index contributed by atoms with van der Waals surface area (Å²) in [6, 6.07) is 0. The molecule has 0 saturated carbocycles. The smallest absolute Gasteiger partial charge is 0.180 e.